The minimum absolute atomic E-state index is 0.0251. The van der Waals surface area contributed by atoms with Crippen molar-refractivity contribution in [2.24, 2.45) is 52.3 Å². The van der Waals surface area contributed by atoms with Crippen LogP contribution in [0.1, 0.15) is 106 Å². The van der Waals surface area contributed by atoms with Gasteiger partial charge in [-0.3, -0.25) is 9.59 Å². The Labute approximate surface area is 235 Å². The molecule has 7 heteroatoms. The van der Waals surface area contributed by atoms with Gasteiger partial charge in [0.1, 0.15) is 17.8 Å². The molecule has 0 heterocycles. The smallest absolute Gasteiger partial charge is 0.407 e. The molecular weight excluding hydrogens is 494 g/mol. The highest BCUT2D eigenvalue weighted by atomic mass is 16.6. The molecule has 0 saturated heterocycles. The highest BCUT2D eigenvalue weighted by Crippen LogP contribution is 2.70. The van der Waals surface area contributed by atoms with Crippen molar-refractivity contribution < 1.29 is 28.6 Å². The van der Waals surface area contributed by atoms with Crippen LogP contribution in [-0.4, -0.2) is 43.4 Å². The lowest BCUT2D eigenvalue weighted by atomic mass is 9.41. The van der Waals surface area contributed by atoms with Gasteiger partial charge in [-0.15, -0.1) is 0 Å². The summed E-state index contributed by atoms with van der Waals surface area (Å²) in [5.74, 6) is 3.19. The Hall–Kier alpha value is -1.79. The molecule has 1 N–H and O–H groups in total. The topological polar surface area (TPSA) is 90.9 Å². The van der Waals surface area contributed by atoms with Crippen LogP contribution in [-0.2, 0) is 23.8 Å². The molecule has 3 unspecified atom stereocenters. The molecule has 1 amide bonds. The van der Waals surface area contributed by atoms with Crippen LogP contribution in [0.2, 0.25) is 0 Å². The molecule has 0 bridgehead atoms. The predicted octanol–water partition coefficient (Wildman–Crippen LogP) is 6.53. The lowest BCUT2D eigenvalue weighted by Crippen LogP contribution is -2.62. The summed E-state index contributed by atoms with van der Waals surface area (Å²) in [5.41, 5.74) is -0.108. The summed E-state index contributed by atoms with van der Waals surface area (Å²) in [7, 11) is 0. The average Bonchev–Trinajstić information content (AvgIpc) is 3.21. The van der Waals surface area contributed by atoms with Gasteiger partial charge in [-0.05, 0) is 125 Å². The van der Waals surface area contributed by atoms with Gasteiger partial charge in [0, 0.05) is 12.5 Å². The van der Waals surface area contributed by atoms with Gasteiger partial charge in [0.25, 0.3) is 12.9 Å². The van der Waals surface area contributed by atoms with Crippen molar-refractivity contribution in [2.75, 3.05) is 6.54 Å². The van der Waals surface area contributed by atoms with Gasteiger partial charge >= 0.3 is 6.09 Å². The first-order valence-electron chi connectivity index (χ1n) is 15.5. The fourth-order valence-corrected chi connectivity index (χ4v) is 10.3. The van der Waals surface area contributed by atoms with Gasteiger partial charge in [-0.2, -0.15) is 0 Å². The number of fused-ring (bicyclic) bond motifs is 5. The van der Waals surface area contributed by atoms with Crippen molar-refractivity contribution in [3.8, 4) is 0 Å². The van der Waals surface area contributed by atoms with Gasteiger partial charge in [-0.1, -0.05) is 27.7 Å². The monoisotopic (exact) mass is 547 g/mol. The Balaban J connectivity index is 1.52. The molecule has 222 valence electrons. The molecule has 0 radical (unpaired) electrons. The van der Waals surface area contributed by atoms with Crippen molar-refractivity contribution in [3.63, 3.8) is 0 Å². The number of rotatable bonds is 9. The zero-order chi connectivity index (χ0) is 28.6. The second-order valence-electron chi connectivity index (χ2n) is 14.7. The second-order valence-corrected chi connectivity index (χ2v) is 14.7. The summed E-state index contributed by atoms with van der Waals surface area (Å²) >= 11 is 0. The number of nitrogens with one attached hydrogen (secondary N) is 1. The third-order valence-electron chi connectivity index (χ3n) is 11.8. The quantitative estimate of drug-likeness (QED) is 0.261. The molecular formula is C32H53NO6. The van der Waals surface area contributed by atoms with E-state index < -0.39 is 5.60 Å². The minimum atomic E-state index is -0.493. The summed E-state index contributed by atoms with van der Waals surface area (Å²) < 4.78 is 17.0. The molecule has 4 fully saturated rings. The summed E-state index contributed by atoms with van der Waals surface area (Å²) in [6.07, 6.45) is 9.08. The predicted molar refractivity (Wildman–Crippen MR) is 150 cm³/mol. The molecule has 11 atom stereocenters. The number of ether oxygens (including phenoxy) is 3. The maximum atomic E-state index is 12.2. The Bertz CT molecular complexity index is 886. The molecule has 4 aliphatic carbocycles. The van der Waals surface area contributed by atoms with Crippen LogP contribution in [0.5, 0.6) is 0 Å². The van der Waals surface area contributed by atoms with Gasteiger partial charge in [0.15, 0.2) is 0 Å². The van der Waals surface area contributed by atoms with Gasteiger partial charge in [0.2, 0.25) is 0 Å². The standard InChI is InChI=1S/C32H53NO6/c1-8-22-26-17-21(37-18-34)11-14-32(26,7)25-12-15-31(6)23(9-10-24(31)27(25)28(22)38-19-35)20(2)13-16-33-29(36)39-30(3,4)5/h18-28H,8-17H2,1-7H3,(H,33,36)/t20-,21-,22-,23?,24+,25+,26+,27+,28-,31?,32?/m1/s1. The van der Waals surface area contributed by atoms with Crippen LogP contribution in [0, 0.1) is 52.3 Å². The second kappa shape index (κ2) is 11.6. The molecule has 39 heavy (non-hydrogen) atoms. The molecule has 4 rings (SSSR count). The number of hydrogen-bond donors (Lipinski definition) is 1. The maximum absolute atomic E-state index is 12.2. The maximum Gasteiger partial charge on any atom is 0.407 e. The van der Waals surface area contributed by atoms with E-state index in [1.165, 1.54) is 25.7 Å². The lowest BCUT2D eigenvalue weighted by molar-refractivity contribution is -0.213. The summed E-state index contributed by atoms with van der Waals surface area (Å²) in [4.78, 5) is 35.2. The first kappa shape index (κ1) is 30.2. The number of amides is 1. The first-order valence-corrected chi connectivity index (χ1v) is 15.5. The number of alkyl carbamates (subject to hydrolysis) is 1. The average molecular weight is 548 g/mol. The van der Waals surface area contributed by atoms with Crippen LogP contribution in [0.15, 0.2) is 0 Å². The summed E-state index contributed by atoms with van der Waals surface area (Å²) in [6.45, 7) is 17.2. The first-order chi connectivity index (χ1) is 18.4. The van der Waals surface area contributed by atoms with E-state index in [1.54, 1.807) is 0 Å². The molecule has 0 aliphatic heterocycles. The fraction of sp³-hybridized carbons (Fsp3) is 0.906. The molecule has 0 aromatic carbocycles. The third kappa shape index (κ3) is 5.70. The van der Waals surface area contributed by atoms with Gasteiger partial charge in [0.05, 0.1) is 0 Å². The Morgan fingerprint density at radius 3 is 2.28 bits per heavy atom. The molecule has 0 spiro atoms. The molecule has 4 saturated carbocycles. The molecule has 7 nitrogen and oxygen atoms in total. The van der Waals surface area contributed by atoms with Gasteiger partial charge < -0.3 is 19.5 Å². The van der Waals surface area contributed by atoms with E-state index in [9.17, 15) is 14.4 Å². The van der Waals surface area contributed by atoms with Crippen LogP contribution in [0.25, 0.3) is 0 Å². The fourth-order valence-electron chi connectivity index (χ4n) is 10.3. The number of carbonyl (C=O) groups is 3. The lowest BCUT2D eigenvalue weighted by Gasteiger charge is -2.65. The summed E-state index contributed by atoms with van der Waals surface area (Å²) in [5, 5.41) is 2.96. The van der Waals surface area contributed by atoms with E-state index in [2.05, 4.69) is 33.0 Å². The molecule has 4 aliphatic rings. The highest BCUT2D eigenvalue weighted by Gasteiger charge is 2.66. The van der Waals surface area contributed by atoms with Crippen LogP contribution >= 0.6 is 0 Å². The highest BCUT2D eigenvalue weighted by molar-refractivity contribution is 5.67. The molecule has 0 aromatic heterocycles. The SMILES string of the molecule is CC[C@H]1[C@@H](OC=O)[C@H]2[C@@H]3CCC([C@H](C)CCNC(=O)OC(C)(C)C)C3(C)CC[C@@H]2C2(C)CC[C@@H](OC=O)C[C@@H]12. The van der Waals surface area contributed by atoms with Crippen molar-refractivity contribution in [1.29, 1.82) is 0 Å². The number of carbonyl (C=O) groups excluding carboxylic acids is 3. The van der Waals surface area contributed by atoms with E-state index in [0.717, 1.165) is 32.1 Å². The molecule has 0 aromatic rings. The van der Waals surface area contributed by atoms with Crippen molar-refractivity contribution in [2.45, 2.75) is 124 Å². The summed E-state index contributed by atoms with van der Waals surface area (Å²) in [6, 6.07) is 0. The van der Waals surface area contributed by atoms with Crippen LogP contribution in [0.3, 0.4) is 0 Å². The number of hydrogen-bond acceptors (Lipinski definition) is 6. The van der Waals surface area contributed by atoms with E-state index in [4.69, 9.17) is 14.2 Å². The van der Waals surface area contributed by atoms with Crippen LogP contribution < -0.4 is 5.32 Å². The zero-order valence-corrected chi connectivity index (χ0v) is 25.4. The zero-order valence-electron chi connectivity index (χ0n) is 25.4. The van der Waals surface area contributed by atoms with E-state index in [1.807, 2.05) is 20.8 Å². The van der Waals surface area contributed by atoms with Crippen LogP contribution in [0.4, 0.5) is 4.79 Å². The van der Waals surface area contributed by atoms with E-state index >= 15 is 0 Å². The van der Waals surface area contributed by atoms with Crippen molar-refractivity contribution in [1.82, 2.24) is 5.32 Å². The minimum Gasteiger partial charge on any atom is -0.465 e. The van der Waals surface area contributed by atoms with Crippen molar-refractivity contribution >= 4 is 19.0 Å². The van der Waals surface area contributed by atoms with E-state index in [-0.39, 0.29) is 35.0 Å². The third-order valence-corrected chi connectivity index (χ3v) is 11.8. The Kier molecular flexibility index (Phi) is 8.97. The van der Waals surface area contributed by atoms with Crippen molar-refractivity contribution in [3.05, 3.63) is 0 Å². The van der Waals surface area contributed by atoms with E-state index in [0.29, 0.717) is 55.0 Å². The largest absolute Gasteiger partial charge is 0.465 e. The Morgan fingerprint density at radius 1 is 0.974 bits per heavy atom. The van der Waals surface area contributed by atoms with Gasteiger partial charge in [-0.25, -0.2) is 4.79 Å². The Morgan fingerprint density at radius 2 is 1.64 bits per heavy atom. The normalized spacial score (nSPS) is 42.2.